The van der Waals surface area contributed by atoms with Gasteiger partial charge in [-0.2, -0.15) is 0 Å². The molecular weight excluding hydrogens is 294 g/mol. The molecule has 0 spiro atoms. The van der Waals surface area contributed by atoms with E-state index in [0.717, 1.165) is 30.1 Å². The van der Waals surface area contributed by atoms with Crippen LogP contribution in [0.25, 0.3) is 0 Å². The topological polar surface area (TPSA) is 62.3 Å². The number of aromatic nitrogens is 1. The van der Waals surface area contributed by atoms with Crippen molar-refractivity contribution in [1.29, 1.82) is 0 Å². The van der Waals surface area contributed by atoms with Crippen molar-refractivity contribution in [3.05, 3.63) is 15.6 Å². The molecule has 1 N–H and O–H groups in total. The minimum absolute atomic E-state index is 0.199. The average Bonchev–Trinajstić information content (AvgIpc) is 2.75. The molecule has 1 fully saturated rings. The van der Waals surface area contributed by atoms with Crippen LogP contribution in [0.5, 0.6) is 0 Å². The molecule has 1 aromatic heterocycles. The molecular formula is C13H23N3O2S2. The van der Waals surface area contributed by atoms with Crippen LogP contribution in [0, 0.1) is 13.8 Å². The van der Waals surface area contributed by atoms with E-state index in [0.29, 0.717) is 19.1 Å². The lowest BCUT2D eigenvalue weighted by atomic mass is 10.1. The van der Waals surface area contributed by atoms with E-state index in [1.54, 1.807) is 22.6 Å². The summed E-state index contributed by atoms with van der Waals surface area (Å²) in [6.45, 7) is 7.87. The molecule has 2 rings (SSSR count). The van der Waals surface area contributed by atoms with Gasteiger partial charge in [0.2, 0.25) is 10.0 Å². The number of nitrogens with one attached hydrogen (secondary N) is 1. The summed E-state index contributed by atoms with van der Waals surface area (Å²) in [5.74, 6) is 0.199. The first-order valence-corrected chi connectivity index (χ1v) is 9.49. The highest BCUT2D eigenvalue weighted by Gasteiger charge is 2.26. The maximum absolute atomic E-state index is 11.8. The van der Waals surface area contributed by atoms with Gasteiger partial charge < -0.3 is 5.32 Å². The third kappa shape index (κ3) is 3.78. The van der Waals surface area contributed by atoms with Crippen LogP contribution in [0.1, 0.15) is 35.3 Å². The Bertz CT molecular complexity index is 546. The summed E-state index contributed by atoms with van der Waals surface area (Å²) >= 11 is 1.73. The summed E-state index contributed by atoms with van der Waals surface area (Å²) in [5, 5.41) is 4.63. The Morgan fingerprint density at radius 2 is 2.00 bits per heavy atom. The molecule has 1 aliphatic heterocycles. The van der Waals surface area contributed by atoms with Gasteiger partial charge in [0.05, 0.1) is 16.5 Å². The number of aryl methyl sites for hydroxylation is 2. The average molecular weight is 317 g/mol. The molecule has 0 bridgehead atoms. The van der Waals surface area contributed by atoms with E-state index in [2.05, 4.69) is 10.3 Å². The SMILES string of the molecule is CCS(=O)(=O)N1CCC(NCc2sc(C)nc2C)CC1. The summed E-state index contributed by atoms with van der Waals surface area (Å²) in [7, 11) is -3.02. The van der Waals surface area contributed by atoms with Crippen molar-refractivity contribution in [2.75, 3.05) is 18.8 Å². The molecule has 0 atom stereocenters. The smallest absolute Gasteiger partial charge is 0.213 e. The molecule has 0 saturated carbocycles. The number of hydrogen-bond acceptors (Lipinski definition) is 5. The fourth-order valence-corrected chi connectivity index (χ4v) is 4.52. The van der Waals surface area contributed by atoms with Crippen molar-refractivity contribution in [3.63, 3.8) is 0 Å². The van der Waals surface area contributed by atoms with Crippen molar-refractivity contribution in [2.24, 2.45) is 0 Å². The van der Waals surface area contributed by atoms with Gasteiger partial charge in [0.1, 0.15) is 0 Å². The lowest BCUT2D eigenvalue weighted by Crippen LogP contribution is -2.45. The van der Waals surface area contributed by atoms with Crippen molar-refractivity contribution in [1.82, 2.24) is 14.6 Å². The standard InChI is InChI=1S/C13H23N3O2S2/c1-4-20(17,18)16-7-5-12(6-8-16)14-9-13-10(2)15-11(3)19-13/h12,14H,4-9H2,1-3H3. The van der Waals surface area contributed by atoms with E-state index in [4.69, 9.17) is 0 Å². The molecule has 1 saturated heterocycles. The van der Waals surface area contributed by atoms with Gasteiger partial charge in [-0.3, -0.25) is 0 Å². The maximum Gasteiger partial charge on any atom is 0.213 e. The summed E-state index contributed by atoms with van der Waals surface area (Å²) in [4.78, 5) is 5.70. The van der Waals surface area contributed by atoms with Gasteiger partial charge in [0, 0.05) is 30.6 Å². The first kappa shape index (κ1) is 15.9. The summed E-state index contributed by atoms with van der Waals surface area (Å²) in [6, 6.07) is 0.403. The van der Waals surface area contributed by atoms with Crippen LogP contribution < -0.4 is 5.32 Å². The lowest BCUT2D eigenvalue weighted by Gasteiger charge is -2.31. The zero-order valence-corrected chi connectivity index (χ0v) is 14.0. The van der Waals surface area contributed by atoms with Gasteiger partial charge in [-0.15, -0.1) is 11.3 Å². The van der Waals surface area contributed by atoms with Crippen molar-refractivity contribution < 1.29 is 8.42 Å². The lowest BCUT2D eigenvalue weighted by molar-refractivity contribution is 0.289. The van der Waals surface area contributed by atoms with E-state index >= 15 is 0 Å². The van der Waals surface area contributed by atoms with E-state index in [1.807, 2.05) is 13.8 Å². The van der Waals surface area contributed by atoms with E-state index in [9.17, 15) is 8.42 Å². The molecule has 114 valence electrons. The molecule has 7 heteroatoms. The first-order valence-electron chi connectivity index (χ1n) is 7.06. The van der Waals surface area contributed by atoms with E-state index < -0.39 is 10.0 Å². The molecule has 20 heavy (non-hydrogen) atoms. The second-order valence-electron chi connectivity index (χ2n) is 5.20. The maximum atomic E-state index is 11.8. The Morgan fingerprint density at radius 1 is 1.35 bits per heavy atom. The monoisotopic (exact) mass is 317 g/mol. The fraction of sp³-hybridized carbons (Fsp3) is 0.769. The van der Waals surface area contributed by atoms with Crippen LogP contribution in [-0.4, -0.2) is 42.6 Å². The number of hydrogen-bond donors (Lipinski definition) is 1. The zero-order valence-electron chi connectivity index (χ0n) is 12.3. The van der Waals surface area contributed by atoms with Crippen molar-refractivity contribution >= 4 is 21.4 Å². The zero-order chi connectivity index (χ0) is 14.8. The van der Waals surface area contributed by atoms with Crippen LogP contribution in [0.3, 0.4) is 0 Å². The Labute approximate surface area is 125 Å². The van der Waals surface area contributed by atoms with Crippen LogP contribution in [0.4, 0.5) is 0 Å². The second-order valence-corrected chi connectivity index (χ2v) is 8.74. The summed E-state index contributed by atoms with van der Waals surface area (Å²) in [6.07, 6.45) is 1.77. The van der Waals surface area contributed by atoms with Crippen LogP contribution >= 0.6 is 11.3 Å². The Kier molecular flexibility index (Phi) is 5.17. The Morgan fingerprint density at radius 3 is 2.50 bits per heavy atom. The second kappa shape index (κ2) is 6.51. The molecule has 1 aromatic rings. The molecule has 0 radical (unpaired) electrons. The van der Waals surface area contributed by atoms with Crippen LogP contribution in [0.15, 0.2) is 0 Å². The number of rotatable bonds is 5. The van der Waals surface area contributed by atoms with Gasteiger partial charge in [0.15, 0.2) is 0 Å². The van der Waals surface area contributed by atoms with Gasteiger partial charge >= 0.3 is 0 Å². The van der Waals surface area contributed by atoms with Crippen LogP contribution in [0.2, 0.25) is 0 Å². The highest BCUT2D eigenvalue weighted by Crippen LogP contribution is 2.19. The molecule has 0 aliphatic carbocycles. The Balaban J connectivity index is 1.82. The molecule has 5 nitrogen and oxygen atoms in total. The highest BCUT2D eigenvalue weighted by atomic mass is 32.2. The summed E-state index contributed by atoms with van der Waals surface area (Å²) < 4.78 is 25.2. The normalized spacial score (nSPS) is 18.6. The van der Waals surface area contributed by atoms with E-state index in [1.165, 1.54) is 4.88 Å². The van der Waals surface area contributed by atoms with Crippen LogP contribution in [-0.2, 0) is 16.6 Å². The Hall–Kier alpha value is -0.500. The third-order valence-corrected chi connectivity index (χ3v) is 6.72. The highest BCUT2D eigenvalue weighted by molar-refractivity contribution is 7.89. The minimum Gasteiger partial charge on any atom is -0.309 e. The van der Waals surface area contributed by atoms with Gasteiger partial charge in [-0.1, -0.05) is 0 Å². The molecule has 0 amide bonds. The van der Waals surface area contributed by atoms with Crippen molar-refractivity contribution in [2.45, 2.75) is 46.2 Å². The number of nitrogens with zero attached hydrogens (tertiary/aromatic N) is 2. The van der Waals surface area contributed by atoms with Gasteiger partial charge in [0.25, 0.3) is 0 Å². The molecule has 0 aromatic carbocycles. The first-order chi connectivity index (χ1) is 9.42. The molecule has 0 unspecified atom stereocenters. The fourth-order valence-electron chi connectivity index (χ4n) is 2.50. The third-order valence-electron chi connectivity index (χ3n) is 3.76. The largest absolute Gasteiger partial charge is 0.309 e. The van der Waals surface area contributed by atoms with Gasteiger partial charge in [-0.05, 0) is 33.6 Å². The summed E-state index contributed by atoms with van der Waals surface area (Å²) in [5.41, 5.74) is 1.10. The number of piperidine rings is 1. The van der Waals surface area contributed by atoms with Gasteiger partial charge in [-0.25, -0.2) is 17.7 Å². The number of thiazole rings is 1. The molecule has 2 heterocycles. The number of sulfonamides is 1. The predicted molar refractivity (Wildman–Crippen MR) is 82.5 cm³/mol. The van der Waals surface area contributed by atoms with E-state index in [-0.39, 0.29) is 5.75 Å². The predicted octanol–water partition coefficient (Wildman–Crippen LogP) is 1.66. The quantitative estimate of drug-likeness (QED) is 0.897. The minimum atomic E-state index is -3.02. The molecule has 1 aliphatic rings. The van der Waals surface area contributed by atoms with Crippen molar-refractivity contribution in [3.8, 4) is 0 Å².